The average Bonchev–Trinajstić information content (AvgIpc) is 2.29. The molecule has 16 heavy (non-hydrogen) atoms. The monoisotopic (exact) mass is 243 g/mol. The maximum atomic E-state index is 5.72. The van der Waals surface area contributed by atoms with Gasteiger partial charge in [0.05, 0.1) is 19.0 Å². The van der Waals surface area contributed by atoms with Crippen LogP contribution in [0.3, 0.4) is 0 Å². The van der Waals surface area contributed by atoms with E-state index in [9.17, 15) is 0 Å². The van der Waals surface area contributed by atoms with E-state index in [1.54, 1.807) is 12.4 Å². The summed E-state index contributed by atoms with van der Waals surface area (Å²) in [7, 11) is 0. The van der Waals surface area contributed by atoms with Crippen LogP contribution in [-0.2, 0) is 0 Å². The lowest BCUT2D eigenvalue weighted by Gasteiger charge is -2.16. The van der Waals surface area contributed by atoms with Crippen LogP contribution < -0.4 is 10.1 Å². The molecule has 0 aliphatic rings. The van der Waals surface area contributed by atoms with Crippen LogP contribution >= 0.6 is 11.6 Å². The fraction of sp³-hybridized carbons (Fsp3) is 0.636. The van der Waals surface area contributed by atoms with Crippen molar-refractivity contribution < 1.29 is 4.74 Å². The summed E-state index contributed by atoms with van der Waals surface area (Å²) in [6, 6.07) is 0.337. The number of aromatic nitrogens is 2. The molecule has 1 rings (SSSR count). The first-order valence-corrected chi connectivity index (χ1v) is 6.10. The van der Waals surface area contributed by atoms with E-state index in [0.717, 1.165) is 18.7 Å². The van der Waals surface area contributed by atoms with Gasteiger partial charge in [-0.25, -0.2) is 0 Å². The van der Waals surface area contributed by atoms with E-state index in [0.29, 0.717) is 24.4 Å². The van der Waals surface area contributed by atoms with Gasteiger partial charge in [-0.05, 0) is 19.8 Å². The summed E-state index contributed by atoms with van der Waals surface area (Å²) in [4.78, 5) is 8.36. The number of rotatable bonds is 7. The van der Waals surface area contributed by atoms with E-state index in [2.05, 4.69) is 22.2 Å². The number of halogens is 1. The first kappa shape index (κ1) is 13.0. The van der Waals surface area contributed by atoms with Gasteiger partial charge < -0.3 is 10.1 Å². The van der Waals surface area contributed by atoms with Crippen molar-refractivity contribution >= 4 is 17.4 Å². The van der Waals surface area contributed by atoms with Gasteiger partial charge in [-0.3, -0.25) is 4.98 Å². The van der Waals surface area contributed by atoms with Gasteiger partial charge in [-0.2, -0.15) is 4.98 Å². The number of alkyl halides is 1. The van der Waals surface area contributed by atoms with Gasteiger partial charge in [0.2, 0.25) is 5.88 Å². The minimum atomic E-state index is 0.337. The summed E-state index contributed by atoms with van der Waals surface area (Å²) < 4.78 is 5.28. The maximum Gasteiger partial charge on any atom is 0.234 e. The Hall–Kier alpha value is -1.03. The number of anilines is 1. The van der Waals surface area contributed by atoms with Crippen molar-refractivity contribution in [2.45, 2.75) is 32.7 Å². The summed E-state index contributed by atoms with van der Waals surface area (Å²) >= 11 is 5.72. The lowest BCUT2D eigenvalue weighted by atomic mass is 10.2. The zero-order valence-corrected chi connectivity index (χ0v) is 10.5. The molecule has 0 radical (unpaired) electrons. The van der Waals surface area contributed by atoms with Gasteiger partial charge in [-0.15, -0.1) is 11.6 Å². The number of nitrogens with one attached hydrogen (secondary N) is 1. The Labute approximate surface area is 101 Å². The van der Waals surface area contributed by atoms with Crippen LogP contribution in [0.25, 0.3) is 0 Å². The zero-order chi connectivity index (χ0) is 11.8. The fourth-order valence-corrected chi connectivity index (χ4v) is 1.62. The molecule has 0 saturated heterocycles. The molecule has 1 aromatic heterocycles. The summed E-state index contributed by atoms with van der Waals surface area (Å²) in [6.45, 7) is 4.63. The highest BCUT2D eigenvalue weighted by molar-refractivity contribution is 6.17. The highest BCUT2D eigenvalue weighted by Gasteiger charge is 2.07. The third kappa shape index (κ3) is 4.23. The molecule has 0 aromatic carbocycles. The van der Waals surface area contributed by atoms with Crippen LogP contribution in [0.4, 0.5) is 5.82 Å². The molecule has 1 aromatic rings. The second kappa shape index (κ2) is 7.28. The van der Waals surface area contributed by atoms with Crippen molar-refractivity contribution in [2.75, 3.05) is 17.8 Å². The van der Waals surface area contributed by atoms with Gasteiger partial charge in [0.15, 0.2) is 0 Å². The van der Waals surface area contributed by atoms with E-state index in [1.165, 1.54) is 0 Å². The average molecular weight is 244 g/mol. The Morgan fingerprint density at radius 3 is 2.88 bits per heavy atom. The minimum absolute atomic E-state index is 0.337. The van der Waals surface area contributed by atoms with Crippen LogP contribution in [-0.4, -0.2) is 28.5 Å². The first-order valence-electron chi connectivity index (χ1n) is 5.57. The van der Waals surface area contributed by atoms with Crippen molar-refractivity contribution in [3.8, 4) is 5.88 Å². The molecule has 4 nitrogen and oxygen atoms in total. The lowest BCUT2D eigenvalue weighted by molar-refractivity contribution is 0.325. The fourth-order valence-electron chi connectivity index (χ4n) is 1.35. The molecular weight excluding hydrogens is 226 g/mol. The van der Waals surface area contributed by atoms with Crippen LogP contribution in [0, 0.1) is 0 Å². The van der Waals surface area contributed by atoms with Gasteiger partial charge in [0.1, 0.15) is 5.82 Å². The van der Waals surface area contributed by atoms with Gasteiger partial charge >= 0.3 is 0 Å². The topological polar surface area (TPSA) is 47.0 Å². The Kier molecular flexibility index (Phi) is 5.93. The largest absolute Gasteiger partial charge is 0.477 e. The SMILES string of the molecule is CCOc1cncc(NC(CC)CCCl)n1. The van der Waals surface area contributed by atoms with E-state index < -0.39 is 0 Å². The molecule has 1 unspecified atom stereocenters. The van der Waals surface area contributed by atoms with E-state index >= 15 is 0 Å². The van der Waals surface area contributed by atoms with E-state index in [-0.39, 0.29) is 0 Å². The molecule has 0 aliphatic heterocycles. The molecule has 0 spiro atoms. The molecule has 5 heteroatoms. The van der Waals surface area contributed by atoms with Crippen LogP contribution in [0.1, 0.15) is 26.7 Å². The third-order valence-electron chi connectivity index (χ3n) is 2.21. The highest BCUT2D eigenvalue weighted by atomic mass is 35.5. The molecule has 0 bridgehead atoms. The van der Waals surface area contributed by atoms with Crippen molar-refractivity contribution in [3.63, 3.8) is 0 Å². The number of ether oxygens (including phenoxy) is 1. The lowest BCUT2D eigenvalue weighted by Crippen LogP contribution is -2.19. The Bertz CT molecular complexity index is 309. The van der Waals surface area contributed by atoms with Crippen LogP contribution in [0.2, 0.25) is 0 Å². The molecular formula is C11H18ClN3O. The molecule has 1 heterocycles. The summed E-state index contributed by atoms with van der Waals surface area (Å²) in [5, 5.41) is 3.29. The smallest absolute Gasteiger partial charge is 0.234 e. The summed E-state index contributed by atoms with van der Waals surface area (Å²) in [5.41, 5.74) is 0. The predicted octanol–water partition coefficient (Wildman–Crippen LogP) is 2.69. The minimum Gasteiger partial charge on any atom is -0.477 e. The number of hydrogen-bond donors (Lipinski definition) is 1. The Morgan fingerprint density at radius 1 is 1.44 bits per heavy atom. The van der Waals surface area contributed by atoms with Gasteiger partial charge in [0, 0.05) is 11.9 Å². The molecule has 90 valence electrons. The van der Waals surface area contributed by atoms with E-state index in [4.69, 9.17) is 16.3 Å². The van der Waals surface area contributed by atoms with E-state index in [1.807, 2.05) is 6.92 Å². The Balaban J connectivity index is 2.60. The molecule has 0 saturated carbocycles. The molecule has 1 N–H and O–H groups in total. The van der Waals surface area contributed by atoms with Crippen LogP contribution in [0.5, 0.6) is 5.88 Å². The maximum absolute atomic E-state index is 5.72. The third-order valence-corrected chi connectivity index (χ3v) is 2.43. The second-order valence-electron chi connectivity index (χ2n) is 3.40. The van der Waals surface area contributed by atoms with Gasteiger partial charge in [0.25, 0.3) is 0 Å². The van der Waals surface area contributed by atoms with Crippen LogP contribution in [0.15, 0.2) is 12.4 Å². The number of nitrogens with zero attached hydrogens (tertiary/aromatic N) is 2. The highest BCUT2D eigenvalue weighted by Crippen LogP contribution is 2.12. The molecule has 0 amide bonds. The molecule has 0 fully saturated rings. The number of hydrogen-bond acceptors (Lipinski definition) is 4. The van der Waals surface area contributed by atoms with Crippen molar-refractivity contribution in [1.29, 1.82) is 0 Å². The van der Waals surface area contributed by atoms with Crippen molar-refractivity contribution in [3.05, 3.63) is 12.4 Å². The first-order chi connectivity index (χ1) is 7.80. The Morgan fingerprint density at radius 2 is 2.25 bits per heavy atom. The van der Waals surface area contributed by atoms with Gasteiger partial charge in [-0.1, -0.05) is 6.92 Å². The summed E-state index contributed by atoms with van der Waals surface area (Å²) in [5.74, 6) is 1.93. The van der Waals surface area contributed by atoms with Crippen molar-refractivity contribution in [2.24, 2.45) is 0 Å². The molecule has 0 aliphatic carbocycles. The predicted molar refractivity (Wildman–Crippen MR) is 66.2 cm³/mol. The molecule has 1 atom stereocenters. The standard InChI is InChI=1S/C11H18ClN3O/c1-3-9(5-6-12)14-10-7-13-8-11(15-10)16-4-2/h7-9H,3-6H2,1-2H3,(H,14,15). The zero-order valence-electron chi connectivity index (χ0n) is 9.74. The second-order valence-corrected chi connectivity index (χ2v) is 3.78. The van der Waals surface area contributed by atoms with Crippen molar-refractivity contribution in [1.82, 2.24) is 9.97 Å². The summed E-state index contributed by atoms with van der Waals surface area (Å²) in [6.07, 6.45) is 5.22. The quantitative estimate of drug-likeness (QED) is 0.748. The normalized spacial score (nSPS) is 12.2.